The van der Waals surface area contributed by atoms with Gasteiger partial charge in [0, 0.05) is 16.8 Å². The Morgan fingerprint density at radius 3 is 2.34 bits per heavy atom. The molecule has 0 radical (unpaired) electrons. The Labute approximate surface area is 187 Å². The molecule has 32 heavy (non-hydrogen) atoms. The van der Waals surface area contributed by atoms with Gasteiger partial charge in [0.25, 0.3) is 5.91 Å². The Morgan fingerprint density at radius 1 is 0.938 bits per heavy atom. The summed E-state index contributed by atoms with van der Waals surface area (Å²) in [5, 5.41) is 10.2. The molecule has 166 valence electrons. The minimum Gasteiger partial charge on any atom is -0.492 e. The van der Waals surface area contributed by atoms with E-state index in [0.717, 1.165) is 0 Å². The SMILES string of the molecule is N=C(N)c1cccc(OCCNC(=O)c2ccc(NS(=O)(=O)Cc3ccccc3)cc2)c1. The smallest absolute Gasteiger partial charge is 0.251 e. The van der Waals surface area contributed by atoms with E-state index in [1.807, 2.05) is 6.07 Å². The van der Waals surface area contributed by atoms with Gasteiger partial charge >= 0.3 is 0 Å². The molecule has 0 atom stereocenters. The van der Waals surface area contributed by atoms with Crippen molar-refractivity contribution < 1.29 is 17.9 Å². The first-order valence-electron chi connectivity index (χ1n) is 9.82. The van der Waals surface area contributed by atoms with E-state index in [2.05, 4.69) is 10.0 Å². The van der Waals surface area contributed by atoms with Crippen LogP contribution < -0.4 is 20.5 Å². The quantitative estimate of drug-likeness (QED) is 0.213. The third-order valence-corrected chi connectivity index (χ3v) is 5.68. The third kappa shape index (κ3) is 6.85. The Bertz CT molecular complexity index is 1180. The molecule has 0 fully saturated rings. The third-order valence-electron chi connectivity index (χ3n) is 4.42. The first-order chi connectivity index (χ1) is 15.3. The fraction of sp³-hybridized carbons (Fsp3) is 0.130. The number of carbonyl (C=O) groups excluding carboxylic acids is 1. The number of carbonyl (C=O) groups is 1. The van der Waals surface area contributed by atoms with Crippen molar-refractivity contribution in [3.8, 4) is 5.75 Å². The monoisotopic (exact) mass is 452 g/mol. The lowest BCUT2D eigenvalue weighted by atomic mass is 10.2. The van der Waals surface area contributed by atoms with Crippen LogP contribution in [0.2, 0.25) is 0 Å². The van der Waals surface area contributed by atoms with Crippen LogP contribution in [0, 0.1) is 5.41 Å². The van der Waals surface area contributed by atoms with Crippen LogP contribution in [-0.2, 0) is 15.8 Å². The highest BCUT2D eigenvalue weighted by Gasteiger charge is 2.12. The normalized spacial score (nSPS) is 10.9. The number of benzene rings is 3. The van der Waals surface area contributed by atoms with Crippen molar-refractivity contribution in [2.24, 2.45) is 5.73 Å². The van der Waals surface area contributed by atoms with Gasteiger partial charge in [-0.2, -0.15) is 0 Å². The van der Waals surface area contributed by atoms with Gasteiger partial charge in [-0.25, -0.2) is 8.42 Å². The maximum atomic E-state index is 12.3. The second-order valence-corrected chi connectivity index (χ2v) is 8.69. The summed E-state index contributed by atoms with van der Waals surface area (Å²) >= 11 is 0. The Balaban J connectivity index is 1.47. The molecule has 3 aromatic rings. The van der Waals surface area contributed by atoms with Gasteiger partial charge in [-0.05, 0) is 42.0 Å². The molecular formula is C23H24N4O4S. The molecule has 0 aliphatic rings. The van der Waals surface area contributed by atoms with E-state index in [1.54, 1.807) is 72.8 Å². The van der Waals surface area contributed by atoms with Crippen LogP contribution in [0.15, 0.2) is 78.9 Å². The number of sulfonamides is 1. The average Bonchev–Trinajstić information content (AvgIpc) is 2.77. The average molecular weight is 453 g/mol. The lowest BCUT2D eigenvalue weighted by molar-refractivity contribution is 0.0947. The molecule has 0 aliphatic heterocycles. The molecular weight excluding hydrogens is 428 g/mol. The maximum absolute atomic E-state index is 12.3. The number of ether oxygens (including phenoxy) is 1. The minimum atomic E-state index is -3.56. The van der Waals surface area contributed by atoms with Crippen molar-refractivity contribution >= 4 is 27.5 Å². The van der Waals surface area contributed by atoms with Crippen molar-refractivity contribution in [2.75, 3.05) is 17.9 Å². The molecule has 3 rings (SSSR count). The summed E-state index contributed by atoms with van der Waals surface area (Å²) < 4.78 is 32.7. The number of hydrogen-bond donors (Lipinski definition) is 4. The van der Waals surface area contributed by atoms with Crippen LogP contribution in [-0.4, -0.2) is 33.3 Å². The second kappa shape index (κ2) is 10.5. The highest BCUT2D eigenvalue weighted by atomic mass is 32.2. The summed E-state index contributed by atoms with van der Waals surface area (Å²) in [6.45, 7) is 0.513. The van der Waals surface area contributed by atoms with Gasteiger partial charge in [0.1, 0.15) is 18.2 Å². The van der Waals surface area contributed by atoms with E-state index in [1.165, 1.54) is 0 Å². The van der Waals surface area contributed by atoms with Crippen molar-refractivity contribution in [3.63, 3.8) is 0 Å². The first kappa shape index (κ1) is 22.8. The first-order valence-corrected chi connectivity index (χ1v) is 11.5. The molecule has 0 unspecified atom stereocenters. The van der Waals surface area contributed by atoms with E-state index in [0.29, 0.717) is 28.1 Å². The van der Waals surface area contributed by atoms with Gasteiger partial charge in [0.2, 0.25) is 10.0 Å². The minimum absolute atomic E-state index is 0.0467. The Hall–Kier alpha value is -3.85. The summed E-state index contributed by atoms with van der Waals surface area (Å²) in [6.07, 6.45) is 0. The van der Waals surface area contributed by atoms with Crippen molar-refractivity contribution in [2.45, 2.75) is 5.75 Å². The lowest BCUT2D eigenvalue weighted by Crippen LogP contribution is -2.28. The van der Waals surface area contributed by atoms with Crippen molar-refractivity contribution in [1.82, 2.24) is 5.32 Å². The summed E-state index contributed by atoms with van der Waals surface area (Å²) in [5.74, 6) is 0.0733. The summed E-state index contributed by atoms with van der Waals surface area (Å²) in [5.41, 5.74) is 7.48. The predicted molar refractivity (Wildman–Crippen MR) is 124 cm³/mol. The molecule has 0 saturated heterocycles. The highest BCUT2D eigenvalue weighted by Crippen LogP contribution is 2.15. The standard InChI is InChI=1S/C23H24N4O4S/c24-22(25)19-7-4-8-21(15-19)31-14-13-26-23(28)18-9-11-20(12-10-18)27-32(29,30)16-17-5-2-1-3-6-17/h1-12,15,27H,13-14,16H2,(H3,24,25)(H,26,28). The van der Waals surface area contributed by atoms with E-state index < -0.39 is 10.0 Å². The van der Waals surface area contributed by atoms with Gasteiger partial charge in [-0.1, -0.05) is 42.5 Å². The fourth-order valence-electron chi connectivity index (χ4n) is 2.89. The van der Waals surface area contributed by atoms with Gasteiger partial charge in [-0.3, -0.25) is 14.9 Å². The molecule has 3 aromatic carbocycles. The van der Waals surface area contributed by atoms with E-state index >= 15 is 0 Å². The van der Waals surface area contributed by atoms with Crippen LogP contribution in [0.5, 0.6) is 5.75 Å². The van der Waals surface area contributed by atoms with Gasteiger partial charge in [-0.15, -0.1) is 0 Å². The summed E-state index contributed by atoms with van der Waals surface area (Å²) in [7, 11) is -3.56. The molecule has 0 bridgehead atoms. The zero-order valence-electron chi connectivity index (χ0n) is 17.2. The molecule has 0 saturated carbocycles. The number of anilines is 1. The van der Waals surface area contributed by atoms with Crippen LogP contribution in [0.3, 0.4) is 0 Å². The topological polar surface area (TPSA) is 134 Å². The second-order valence-electron chi connectivity index (χ2n) is 6.97. The largest absolute Gasteiger partial charge is 0.492 e. The number of nitrogens with two attached hydrogens (primary N) is 1. The number of hydrogen-bond acceptors (Lipinski definition) is 5. The van der Waals surface area contributed by atoms with Crippen molar-refractivity contribution in [3.05, 3.63) is 95.6 Å². The van der Waals surface area contributed by atoms with Crippen LogP contribution in [0.4, 0.5) is 5.69 Å². The number of nitrogens with one attached hydrogen (secondary N) is 3. The van der Waals surface area contributed by atoms with Gasteiger partial charge < -0.3 is 15.8 Å². The van der Waals surface area contributed by atoms with Gasteiger partial charge in [0.05, 0.1) is 12.3 Å². The van der Waals surface area contributed by atoms with E-state index in [-0.39, 0.29) is 30.6 Å². The molecule has 0 spiro atoms. The van der Waals surface area contributed by atoms with Crippen LogP contribution in [0.1, 0.15) is 21.5 Å². The van der Waals surface area contributed by atoms with Crippen LogP contribution >= 0.6 is 0 Å². The van der Waals surface area contributed by atoms with Crippen LogP contribution in [0.25, 0.3) is 0 Å². The molecule has 9 heteroatoms. The Kier molecular flexibility index (Phi) is 7.45. The maximum Gasteiger partial charge on any atom is 0.251 e. The summed E-state index contributed by atoms with van der Waals surface area (Å²) in [6, 6.07) is 21.9. The van der Waals surface area contributed by atoms with Crippen molar-refractivity contribution in [1.29, 1.82) is 5.41 Å². The molecule has 0 heterocycles. The Morgan fingerprint density at radius 2 is 1.66 bits per heavy atom. The molecule has 5 N–H and O–H groups in total. The lowest BCUT2D eigenvalue weighted by Gasteiger charge is -2.10. The predicted octanol–water partition coefficient (Wildman–Crippen LogP) is 2.72. The fourth-order valence-corrected chi connectivity index (χ4v) is 4.09. The molecule has 0 aliphatic carbocycles. The number of rotatable bonds is 10. The van der Waals surface area contributed by atoms with E-state index in [4.69, 9.17) is 15.9 Å². The molecule has 0 aromatic heterocycles. The van der Waals surface area contributed by atoms with E-state index in [9.17, 15) is 13.2 Å². The summed E-state index contributed by atoms with van der Waals surface area (Å²) in [4.78, 5) is 12.3. The zero-order valence-corrected chi connectivity index (χ0v) is 18.1. The number of nitrogen functional groups attached to an aromatic ring is 1. The van der Waals surface area contributed by atoms with Gasteiger partial charge in [0.15, 0.2) is 0 Å². The highest BCUT2D eigenvalue weighted by molar-refractivity contribution is 7.91. The molecule has 1 amide bonds. The number of amides is 1. The number of amidine groups is 1. The molecule has 8 nitrogen and oxygen atoms in total. The zero-order chi connectivity index (χ0) is 23.0.